The first-order chi connectivity index (χ1) is 14.4. The number of urea groups is 1. The zero-order valence-electron chi connectivity index (χ0n) is 18.7. The molecule has 4 rings (SSSR count). The number of benzene rings is 1. The molecule has 1 aromatic carbocycles. The molecule has 0 bridgehead atoms. The maximum Gasteiger partial charge on any atom is 0.336 e. The van der Waals surface area contributed by atoms with Gasteiger partial charge in [0.1, 0.15) is 0 Å². The van der Waals surface area contributed by atoms with Crippen molar-refractivity contribution in [1.82, 2.24) is 14.5 Å². The molecule has 1 aliphatic carbocycles. The monoisotopic (exact) mass is 430 g/mol. The largest absolute Gasteiger partial charge is 0.389 e. The van der Waals surface area contributed by atoms with Crippen LogP contribution in [0.2, 0.25) is 0 Å². The summed E-state index contributed by atoms with van der Waals surface area (Å²) in [5.74, 6) is 0.474. The number of hydrogen-bond donors (Lipinski definition) is 2. The molecule has 2 aromatic rings. The minimum atomic E-state index is -0.546. The van der Waals surface area contributed by atoms with Crippen LogP contribution in [0.15, 0.2) is 17.2 Å². The molecule has 0 saturated carbocycles. The van der Waals surface area contributed by atoms with Gasteiger partial charge >= 0.3 is 6.03 Å². The molecular weight excluding hydrogens is 396 g/mol. The first kappa shape index (κ1) is 21.5. The van der Waals surface area contributed by atoms with E-state index in [0.717, 1.165) is 29.1 Å². The Balaban J connectivity index is 1.93. The second kappa shape index (κ2) is 8.44. The third kappa shape index (κ3) is 3.41. The third-order valence-corrected chi connectivity index (χ3v) is 7.79. The van der Waals surface area contributed by atoms with Crippen LogP contribution < -0.4 is 5.43 Å². The number of likely N-dealkylation sites (tertiary alicyclic amines) is 1. The molecule has 1 aliphatic heterocycles. The van der Waals surface area contributed by atoms with E-state index in [-0.39, 0.29) is 6.03 Å². The SMILES string of the molecule is CCN(CC)C(=O)Nn1c(SC)c2c3c(cc(C(C)O)cc31)[C@H]1CCCN(C)[C@@H]1C2. The first-order valence-corrected chi connectivity index (χ1v) is 12.3. The van der Waals surface area contributed by atoms with Crippen LogP contribution in [0.3, 0.4) is 0 Å². The number of fused-ring (bicyclic) bond motifs is 2. The number of piperidine rings is 1. The van der Waals surface area contributed by atoms with Crippen molar-refractivity contribution in [3.63, 3.8) is 0 Å². The molecule has 3 atom stereocenters. The Kier molecular flexibility index (Phi) is 6.06. The Bertz CT molecular complexity index is 951. The standard InChI is InChI=1S/C23H34N4O2S/c1-6-26(7-2)23(29)24-27-20-12-15(14(3)28)11-17-16-9-8-10-25(4)19(16)13-18(21(17)20)22(27)30-5/h11-12,14,16,19,28H,6-10,13H2,1-5H3,(H,24,29)/t14?,16-,19-/m1/s1. The second-order valence-corrected chi connectivity index (χ2v) is 9.39. The Morgan fingerprint density at radius 3 is 2.73 bits per heavy atom. The van der Waals surface area contributed by atoms with Crippen LogP contribution in [0.5, 0.6) is 0 Å². The average molecular weight is 431 g/mol. The number of nitrogens with zero attached hydrogens (tertiary/aromatic N) is 3. The van der Waals surface area contributed by atoms with E-state index in [1.54, 1.807) is 16.7 Å². The Morgan fingerprint density at radius 1 is 1.37 bits per heavy atom. The summed E-state index contributed by atoms with van der Waals surface area (Å²) >= 11 is 1.69. The molecule has 2 heterocycles. The highest BCUT2D eigenvalue weighted by molar-refractivity contribution is 7.98. The fourth-order valence-corrected chi connectivity index (χ4v) is 6.11. The smallest absolute Gasteiger partial charge is 0.336 e. The first-order valence-electron chi connectivity index (χ1n) is 11.1. The lowest BCUT2D eigenvalue weighted by Gasteiger charge is -2.42. The molecule has 1 saturated heterocycles. The van der Waals surface area contributed by atoms with Crippen molar-refractivity contribution in [3.05, 3.63) is 28.8 Å². The van der Waals surface area contributed by atoms with Gasteiger partial charge in [0.25, 0.3) is 0 Å². The maximum absolute atomic E-state index is 12.9. The van der Waals surface area contributed by atoms with Crippen molar-refractivity contribution in [2.24, 2.45) is 0 Å². The van der Waals surface area contributed by atoms with Crippen molar-refractivity contribution in [3.8, 4) is 0 Å². The predicted octanol–water partition coefficient (Wildman–Crippen LogP) is 4.16. The summed E-state index contributed by atoms with van der Waals surface area (Å²) in [6.45, 7) is 8.28. The van der Waals surface area contributed by atoms with Crippen molar-refractivity contribution < 1.29 is 9.90 Å². The van der Waals surface area contributed by atoms with Gasteiger partial charge in [-0.2, -0.15) is 0 Å². The van der Waals surface area contributed by atoms with E-state index < -0.39 is 6.10 Å². The number of likely N-dealkylation sites (N-methyl/N-ethyl adjacent to an activating group) is 1. The molecule has 0 radical (unpaired) electrons. The van der Waals surface area contributed by atoms with Gasteiger partial charge in [0.05, 0.1) is 16.6 Å². The lowest BCUT2D eigenvalue weighted by Crippen LogP contribution is -2.44. The van der Waals surface area contributed by atoms with Crippen LogP contribution in [0, 0.1) is 0 Å². The van der Waals surface area contributed by atoms with E-state index in [4.69, 9.17) is 0 Å². The zero-order chi connectivity index (χ0) is 21.6. The number of aromatic nitrogens is 1. The number of thioether (sulfide) groups is 1. The number of nitrogens with one attached hydrogen (secondary N) is 1. The molecule has 7 heteroatoms. The van der Waals surface area contributed by atoms with Crippen LogP contribution in [0.1, 0.15) is 62.3 Å². The Hall–Kier alpha value is -1.70. The molecule has 2 amide bonds. The van der Waals surface area contributed by atoms with Crippen molar-refractivity contribution >= 4 is 28.7 Å². The topological polar surface area (TPSA) is 60.7 Å². The number of hydrogen-bond acceptors (Lipinski definition) is 4. The van der Waals surface area contributed by atoms with Crippen LogP contribution in [0.4, 0.5) is 4.79 Å². The number of carbonyl (C=O) groups is 1. The van der Waals surface area contributed by atoms with Crippen LogP contribution >= 0.6 is 11.8 Å². The number of amides is 2. The number of aliphatic hydroxyl groups excluding tert-OH is 1. The highest BCUT2D eigenvalue weighted by atomic mass is 32.2. The molecule has 1 fully saturated rings. The van der Waals surface area contributed by atoms with E-state index in [1.165, 1.54) is 29.4 Å². The fourth-order valence-electron chi connectivity index (χ4n) is 5.35. The molecule has 1 aromatic heterocycles. The minimum absolute atomic E-state index is 0.0865. The summed E-state index contributed by atoms with van der Waals surface area (Å²) in [6, 6.07) is 4.66. The number of rotatable bonds is 5. The summed E-state index contributed by atoms with van der Waals surface area (Å²) in [7, 11) is 2.23. The Labute approximate surface area is 183 Å². The summed E-state index contributed by atoms with van der Waals surface area (Å²) < 4.78 is 1.97. The number of aliphatic hydroxyl groups is 1. The summed E-state index contributed by atoms with van der Waals surface area (Å²) in [5.41, 5.74) is 7.76. The summed E-state index contributed by atoms with van der Waals surface area (Å²) in [6.07, 6.45) is 4.91. The average Bonchev–Trinajstić information content (AvgIpc) is 3.02. The third-order valence-electron chi connectivity index (χ3n) is 6.98. The van der Waals surface area contributed by atoms with Crippen molar-refractivity contribution in [2.45, 2.75) is 63.1 Å². The van der Waals surface area contributed by atoms with Gasteiger partial charge in [-0.1, -0.05) is 6.07 Å². The Morgan fingerprint density at radius 2 is 2.10 bits per heavy atom. The van der Waals surface area contributed by atoms with Crippen molar-refractivity contribution in [2.75, 3.05) is 38.4 Å². The van der Waals surface area contributed by atoms with Gasteiger partial charge in [-0.15, -0.1) is 11.8 Å². The zero-order valence-corrected chi connectivity index (χ0v) is 19.6. The summed E-state index contributed by atoms with van der Waals surface area (Å²) in [4.78, 5) is 17.2. The molecule has 2 N–H and O–H groups in total. The van der Waals surface area contributed by atoms with Crippen molar-refractivity contribution in [1.29, 1.82) is 0 Å². The van der Waals surface area contributed by atoms with E-state index in [0.29, 0.717) is 25.0 Å². The van der Waals surface area contributed by atoms with E-state index >= 15 is 0 Å². The van der Waals surface area contributed by atoms with Crippen LogP contribution in [-0.2, 0) is 6.42 Å². The van der Waals surface area contributed by atoms with Gasteiger partial charge in [0.2, 0.25) is 0 Å². The molecule has 30 heavy (non-hydrogen) atoms. The summed E-state index contributed by atoms with van der Waals surface area (Å²) in [5, 5.41) is 12.8. The lowest BCUT2D eigenvalue weighted by atomic mass is 9.74. The molecule has 1 unspecified atom stereocenters. The molecular formula is C23H34N4O2S. The molecule has 0 spiro atoms. The van der Waals surface area contributed by atoms with Crippen LogP contribution in [-0.4, -0.2) is 64.6 Å². The highest BCUT2D eigenvalue weighted by Crippen LogP contribution is 2.47. The second-order valence-electron chi connectivity index (χ2n) is 8.59. The molecule has 2 aliphatic rings. The van der Waals surface area contributed by atoms with Gasteiger partial charge in [-0.3, -0.25) is 0 Å². The van der Waals surface area contributed by atoms with Crippen LogP contribution in [0.25, 0.3) is 10.9 Å². The van der Waals surface area contributed by atoms with Gasteiger partial charge in [-0.05, 0) is 82.6 Å². The van der Waals surface area contributed by atoms with Gasteiger partial charge in [0, 0.05) is 30.4 Å². The number of carbonyl (C=O) groups excluding carboxylic acids is 1. The molecule has 6 nitrogen and oxygen atoms in total. The highest BCUT2D eigenvalue weighted by Gasteiger charge is 2.39. The maximum atomic E-state index is 12.9. The van der Waals surface area contributed by atoms with Gasteiger partial charge in [0.15, 0.2) is 0 Å². The fraction of sp³-hybridized carbons (Fsp3) is 0.609. The van der Waals surface area contributed by atoms with E-state index in [1.807, 2.05) is 25.4 Å². The van der Waals surface area contributed by atoms with E-state index in [9.17, 15) is 9.90 Å². The van der Waals surface area contributed by atoms with E-state index in [2.05, 4.69) is 35.8 Å². The van der Waals surface area contributed by atoms with Gasteiger partial charge in [-0.25, -0.2) is 14.9 Å². The van der Waals surface area contributed by atoms with Gasteiger partial charge < -0.3 is 14.9 Å². The molecule has 164 valence electrons. The minimum Gasteiger partial charge on any atom is -0.389 e. The lowest BCUT2D eigenvalue weighted by molar-refractivity contribution is 0.156. The predicted molar refractivity (Wildman–Crippen MR) is 124 cm³/mol. The quantitative estimate of drug-likeness (QED) is 0.700. The normalized spacial score (nSPS) is 22.1.